The van der Waals surface area contributed by atoms with E-state index in [1.807, 2.05) is 13.0 Å². The van der Waals surface area contributed by atoms with Crippen molar-refractivity contribution in [3.63, 3.8) is 0 Å². The number of aromatic amines is 1. The lowest BCUT2D eigenvalue weighted by molar-refractivity contribution is 0.371. The molecule has 0 amide bonds. The molecule has 1 aliphatic heterocycles. The molecule has 20 heavy (non-hydrogen) atoms. The van der Waals surface area contributed by atoms with E-state index >= 15 is 0 Å². The van der Waals surface area contributed by atoms with Gasteiger partial charge >= 0.3 is 5.69 Å². The van der Waals surface area contributed by atoms with Crippen molar-refractivity contribution in [2.45, 2.75) is 32.7 Å². The minimum Gasteiger partial charge on any atom is -0.353 e. The summed E-state index contributed by atoms with van der Waals surface area (Å²) < 4.78 is 1.48. The Labute approximate surface area is 116 Å². The van der Waals surface area contributed by atoms with E-state index in [1.165, 1.54) is 4.40 Å². The second-order valence-corrected chi connectivity index (χ2v) is 5.56. The lowest BCUT2D eigenvalue weighted by Gasteiger charge is -2.38. The third-order valence-corrected chi connectivity index (χ3v) is 4.16. The number of nitrogens with two attached hydrogens (primary N) is 1. The summed E-state index contributed by atoms with van der Waals surface area (Å²) in [4.78, 5) is 18.5. The van der Waals surface area contributed by atoms with Crippen molar-refractivity contribution in [1.29, 1.82) is 0 Å². The zero-order chi connectivity index (χ0) is 14.3. The van der Waals surface area contributed by atoms with Gasteiger partial charge in [0.1, 0.15) is 11.6 Å². The number of aromatic nitrogens is 4. The SMILES string of the molecule is Cc1nc(N2CC(CN)CCC2C)cc2n[nH]c(=O)n12. The molecule has 0 spiro atoms. The molecule has 0 bridgehead atoms. The molecule has 7 nitrogen and oxygen atoms in total. The molecule has 0 aliphatic carbocycles. The highest BCUT2D eigenvalue weighted by Crippen LogP contribution is 2.26. The average Bonchev–Trinajstić information content (AvgIpc) is 2.81. The van der Waals surface area contributed by atoms with Crippen LogP contribution in [0.4, 0.5) is 5.82 Å². The highest BCUT2D eigenvalue weighted by Gasteiger charge is 2.26. The molecule has 0 radical (unpaired) electrons. The van der Waals surface area contributed by atoms with Crippen molar-refractivity contribution < 1.29 is 0 Å². The topological polar surface area (TPSA) is 92.3 Å². The normalized spacial score (nSPS) is 23.4. The van der Waals surface area contributed by atoms with E-state index in [-0.39, 0.29) is 5.69 Å². The van der Waals surface area contributed by atoms with Crippen LogP contribution in [0.3, 0.4) is 0 Å². The maximum Gasteiger partial charge on any atom is 0.349 e. The first-order valence-electron chi connectivity index (χ1n) is 7.01. The van der Waals surface area contributed by atoms with Gasteiger partial charge in [0.05, 0.1) is 0 Å². The Bertz CT molecular complexity index is 675. The Morgan fingerprint density at radius 3 is 3.05 bits per heavy atom. The summed E-state index contributed by atoms with van der Waals surface area (Å²) >= 11 is 0. The molecule has 1 aliphatic rings. The third kappa shape index (κ3) is 2.07. The molecule has 2 unspecified atom stereocenters. The van der Waals surface area contributed by atoms with Gasteiger partial charge in [0.15, 0.2) is 5.65 Å². The van der Waals surface area contributed by atoms with Crippen LogP contribution in [-0.4, -0.2) is 38.7 Å². The van der Waals surface area contributed by atoms with Gasteiger partial charge in [-0.25, -0.2) is 19.3 Å². The fourth-order valence-corrected chi connectivity index (χ4v) is 2.92. The van der Waals surface area contributed by atoms with Crippen molar-refractivity contribution in [2.75, 3.05) is 18.0 Å². The number of fused-ring (bicyclic) bond motifs is 1. The predicted octanol–water partition coefficient (Wildman–Crippen LogP) is 0.290. The molecule has 0 aromatic carbocycles. The second kappa shape index (κ2) is 4.90. The summed E-state index contributed by atoms with van der Waals surface area (Å²) in [5.74, 6) is 2.03. The van der Waals surface area contributed by atoms with Crippen molar-refractivity contribution in [1.82, 2.24) is 19.6 Å². The van der Waals surface area contributed by atoms with E-state index in [0.717, 1.165) is 25.2 Å². The summed E-state index contributed by atoms with van der Waals surface area (Å²) in [5.41, 5.74) is 6.17. The van der Waals surface area contributed by atoms with Gasteiger partial charge in [0, 0.05) is 18.7 Å². The van der Waals surface area contributed by atoms with Crippen LogP contribution in [0.15, 0.2) is 10.9 Å². The van der Waals surface area contributed by atoms with Crippen LogP contribution >= 0.6 is 0 Å². The Kier molecular flexibility index (Phi) is 3.21. The van der Waals surface area contributed by atoms with Crippen molar-refractivity contribution >= 4 is 11.5 Å². The molecule has 1 fully saturated rings. The van der Waals surface area contributed by atoms with E-state index in [0.29, 0.717) is 30.0 Å². The molecule has 1 saturated heterocycles. The molecule has 108 valence electrons. The Balaban J connectivity index is 2.02. The van der Waals surface area contributed by atoms with Crippen LogP contribution in [-0.2, 0) is 0 Å². The van der Waals surface area contributed by atoms with Gasteiger partial charge in [-0.05, 0) is 39.2 Å². The van der Waals surface area contributed by atoms with E-state index in [4.69, 9.17) is 5.73 Å². The molecule has 2 atom stereocenters. The summed E-state index contributed by atoms with van der Waals surface area (Å²) in [7, 11) is 0. The lowest BCUT2D eigenvalue weighted by Crippen LogP contribution is -2.44. The van der Waals surface area contributed by atoms with Gasteiger partial charge in [0.25, 0.3) is 0 Å². The number of nitrogens with one attached hydrogen (secondary N) is 1. The van der Waals surface area contributed by atoms with Crippen LogP contribution < -0.4 is 16.3 Å². The van der Waals surface area contributed by atoms with Gasteiger partial charge in [-0.15, -0.1) is 0 Å². The first kappa shape index (κ1) is 13.1. The fraction of sp³-hybridized carbons (Fsp3) is 0.615. The highest BCUT2D eigenvalue weighted by molar-refractivity contribution is 5.52. The molecule has 2 aromatic rings. The average molecular weight is 276 g/mol. The molecule has 2 aromatic heterocycles. The minimum atomic E-state index is -0.247. The number of rotatable bonds is 2. The minimum absolute atomic E-state index is 0.247. The Morgan fingerprint density at radius 1 is 1.50 bits per heavy atom. The highest BCUT2D eigenvalue weighted by atomic mass is 16.1. The van der Waals surface area contributed by atoms with Crippen LogP contribution in [0.25, 0.3) is 5.65 Å². The summed E-state index contributed by atoms with van der Waals surface area (Å²) in [5, 5.41) is 6.49. The van der Waals surface area contributed by atoms with Crippen LogP contribution in [0.1, 0.15) is 25.6 Å². The zero-order valence-electron chi connectivity index (χ0n) is 11.8. The second-order valence-electron chi connectivity index (χ2n) is 5.56. The van der Waals surface area contributed by atoms with Crippen LogP contribution in [0, 0.1) is 12.8 Å². The predicted molar refractivity (Wildman–Crippen MR) is 76.9 cm³/mol. The van der Waals surface area contributed by atoms with Gasteiger partial charge in [0.2, 0.25) is 0 Å². The van der Waals surface area contributed by atoms with Crippen LogP contribution in [0.5, 0.6) is 0 Å². The van der Waals surface area contributed by atoms with Gasteiger partial charge in [-0.2, -0.15) is 5.10 Å². The maximum atomic E-state index is 11.6. The van der Waals surface area contributed by atoms with E-state index in [2.05, 4.69) is 27.0 Å². The van der Waals surface area contributed by atoms with Crippen molar-refractivity contribution in [2.24, 2.45) is 11.7 Å². The number of H-pyrrole nitrogens is 1. The fourth-order valence-electron chi connectivity index (χ4n) is 2.92. The molecule has 3 rings (SSSR count). The van der Waals surface area contributed by atoms with E-state index < -0.39 is 0 Å². The molecule has 7 heteroatoms. The summed E-state index contributed by atoms with van der Waals surface area (Å²) in [6.45, 7) is 5.63. The molecule has 3 heterocycles. The lowest BCUT2D eigenvalue weighted by atomic mass is 9.93. The van der Waals surface area contributed by atoms with Crippen molar-refractivity contribution in [3.05, 3.63) is 22.4 Å². The number of nitrogens with zero attached hydrogens (tertiary/aromatic N) is 4. The van der Waals surface area contributed by atoms with Gasteiger partial charge in [-0.1, -0.05) is 0 Å². The van der Waals surface area contributed by atoms with E-state index in [1.54, 1.807) is 0 Å². The van der Waals surface area contributed by atoms with E-state index in [9.17, 15) is 4.79 Å². The van der Waals surface area contributed by atoms with Gasteiger partial charge in [-0.3, -0.25) is 0 Å². The standard InChI is InChI=1S/C13H20N6O/c1-8-3-4-10(6-14)7-18(8)11-5-12-16-17-13(20)19(12)9(2)15-11/h5,8,10H,3-4,6-7,14H2,1-2H3,(H,17,20). The molecular weight excluding hydrogens is 256 g/mol. The maximum absolute atomic E-state index is 11.6. The number of anilines is 1. The largest absolute Gasteiger partial charge is 0.353 e. The Hall–Kier alpha value is -1.89. The van der Waals surface area contributed by atoms with Crippen LogP contribution in [0.2, 0.25) is 0 Å². The smallest absolute Gasteiger partial charge is 0.349 e. The van der Waals surface area contributed by atoms with Crippen molar-refractivity contribution in [3.8, 4) is 0 Å². The quantitative estimate of drug-likeness (QED) is 0.822. The zero-order valence-corrected chi connectivity index (χ0v) is 11.8. The number of piperidine rings is 1. The molecule has 3 N–H and O–H groups in total. The third-order valence-electron chi connectivity index (χ3n) is 4.16. The molecular formula is C13H20N6O. The number of hydrogen-bond donors (Lipinski definition) is 2. The van der Waals surface area contributed by atoms with Gasteiger partial charge < -0.3 is 10.6 Å². The monoisotopic (exact) mass is 276 g/mol. The summed E-state index contributed by atoms with van der Waals surface area (Å²) in [6.07, 6.45) is 2.28. The number of aryl methyl sites for hydroxylation is 1. The number of hydrogen-bond acceptors (Lipinski definition) is 5. The Morgan fingerprint density at radius 2 is 2.30 bits per heavy atom. The molecule has 0 saturated carbocycles. The first-order chi connectivity index (χ1) is 9.60. The first-order valence-corrected chi connectivity index (χ1v) is 7.01. The summed E-state index contributed by atoms with van der Waals surface area (Å²) in [6, 6.07) is 2.29.